The van der Waals surface area contributed by atoms with Crippen molar-refractivity contribution in [3.8, 4) is 0 Å². The number of urea groups is 1. The summed E-state index contributed by atoms with van der Waals surface area (Å²) in [5.74, 6) is 0.302. The number of benzene rings is 3. The van der Waals surface area contributed by atoms with Crippen LogP contribution in [0.1, 0.15) is 60.9 Å². The molecule has 3 N–H and O–H groups in total. The van der Waals surface area contributed by atoms with Gasteiger partial charge in [-0.2, -0.15) is 0 Å². The molecule has 1 aliphatic carbocycles. The molecule has 2 aliphatic heterocycles. The predicted octanol–water partition coefficient (Wildman–Crippen LogP) is 5.80. The van der Waals surface area contributed by atoms with Crippen LogP contribution in [-0.4, -0.2) is 29.4 Å². The number of anilines is 1. The first-order valence-corrected chi connectivity index (χ1v) is 14.0. The third kappa shape index (κ3) is 4.87. The van der Waals surface area contributed by atoms with Gasteiger partial charge in [-0.15, -0.1) is 0 Å². The van der Waals surface area contributed by atoms with Gasteiger partial charge in [-0.25, -0.2) is 4.79 Å². The Morgan fingerprint density at radius 1 is 0.842 bits per heavy atom. The van der Waals surface area contributed by atoms with Gasteiger partial charge in [-0.05, 0) is 42.0 Å². The summed E-state index contributed by atoms with van der Waals surface area (Å²) < 4.78 is 0. The van der Waals surface area contributed by atoms with Crippen LogP contribution in [-0.2, 0) is 11.3 Å². The van der Waals surface area contributed by atoms with E-state index in [2.05, 4.69) is 75.4 Å². The quantitative estimate of drug-likeness (QED) is 0.408. The molecule has 0 spiro atoms. The molecule has 38 heavy (non-hydrogen) atoms. The summed E-state index contributed by atoms with van der Waals surface area (Å²) in [6.45, 7) is 1.22. The lowest BCUT2D eigenvalue weighted by Gasteiger charge is -2.42. The Hall–Kier alpha value is -3.80. The zero-order chi connectivity index (χ0) is 25.9. The predicted molar refractivity (Wildman–Crippen MR) is 149 cm³/mol. The number of carbonyl (C=O) groups excluding carboxylic acids is 2. The molecule has 2 heterocycles. The lowest BCUT2D eigenvalue weighted by molar-refractivity contribution is -0.138. The van der Waals surface area contributed by atoms with Crippen molar-refractivity contribution in [2.45, 2.75) is 56.8 Å². The van der Waals surface area contributed by atoms with Crippen LogP contribution >= 0.6 is 0 Å². The van der Waals surface area contributed by atoms with E-state index in [-0.39, 0.29) is 36.0 Å². The number of para-hydroxylation sites is 1. The van der Waals surface area contributed by atoms with Crippen molar-refractivity contribution in [3.05, 3.63) is 102 Å². The van der Waals surface area contributed by atoms with Crippen LogP contribution in [0, 0.1) is 11.8 Å². The molecule has 0 radical (unpaired) electrons. The van der Waals surface area contributed by atoms with E-state index in [1.165, 1.54) is 11.1 Å². The minimum absolute atomic E-state index is 0.0413. The number of nitrogens with zero attached hydrogens (tertiary/aromatic N) is 1. The van der Waals surface area contributed by atoms with Gasteiger partial charge < -0.3 is 20.9 Å². The van der Waals surface area contributed by atoms with E-state index in [0.29, 0.717) is 12.5 Å². The number of hydrogen-bond donors (Lipinski definition) is 3. The van der Waals surface area contributed by atoms with Crippen LogP contribution in [0.2, 0.25) is 0 Å². The van der Waals surface area contributed by atoms with Crippen LogP contribution in [0.5, 0.6) is 0 Å². The van der Waals surface area contributed by atoms with Crippen LogP contribution in [0.25, 0.3) is 0 Å². The fourth-order valence-electron chi connectivity index (χ4n) is 6.77. The van der Waals surface area contributed by atoms with Crippen LogP contribution in [0.4, 0.5) is 10.5 Å². The topological polar surface area (TPSA) is 73.5 Å². The molecule has 3 amide bonds. The zero-order valence-electron chi connectivity index (χ0n) is 21.7. The van der Waals surface area contributed by atoms with E-state index in [0.717, 1.165) is 49.9 Å². The Balaban J connectivity index is 1.20. The van der Waals surface area contributed by atoms with Gasteiger partial charge in [0.1, 0.15) is 0 Å². The number of likely N-dealkylation sites (tertiary alicyclic amines) is 1. The summed E-state index contributed by atoms with van der Waals surface area (Å²) in [5, 5.41) is 9.92. The Bertz CT molecular complexity index is 1260. The molecule has 1 saturated carbocycles. The lowest BCUT2D eigenvalue weighted by atomic mass is 9.79. The van der Waals surface area contributed by atoms with Crippen LogP contribution in [0.3, 0.4) is 0 Å². The fraction of sp³-hybridized carbons (Fsp3) is 0.375. The number of rotatable bonds is 5. The highest BCUT2D eigenvalue weighted by molar-refractivity contribution is 5.83. The maximum Gasteiger partial charge on any atom is 0.315 e. The van der Waals surface area contributed by atoms with Gasteiger partial charge in [0.25, 0.3) is 0 Å². The minimum Gasteiger partial charge on any atom is -0.378 e. The van der Waals surface area contributed by atoms with Crippen molar-refractivity contribution in [1.29, 1.82) is 0 Å². The van der Waals surface area contributed by atoms with Crippen molar-refractivity contribution in [2.24, 2.45) is 11.8 Å². The van der Waals surface area contributed by atoms with E-state index in [1.54, 1.807) is 0 Å². The van der Waals surface area contributed by atoms with Crippen molar-refractivity contribution < 1.29 is 9.59 Å². The number of amides is 3. The summed E-state index contributed by atoms with van der Waals surface area (Å²) in [6, 6.07) is 28.8. The minimum atomic E-state index is -0.200. The number of fused-ring (bicyclic) bond motifs is 3. The second-order valence-electron chi connectivity index (χ2n) is 10.9. The zero-order valence-corrected chi connectivity index (χ0v) is 21.7. The highest BCUT2D eigenvalue weighted by Crippen LogP contribution is 2.51. The first kappa shape index (κ1) is 24.5. The van der Waals surface area contributed by atoms with Crippen LogP contribution < -0.4 is 16.0 Å². The molecule has 0 unspecified atom stereocenters. The summed E-state index contributed by atoms with van der Waals surface area (Å²) in [7, 11) is 0. The van der Waals surface area contributed by atoms with E-state index in [4.69, 9.17) is 0 Å². The molecule has 3 aliphatic rings. The third-order valence-corrected chi connectivity index (χ3v) is 8.60. The summed E-state index contributed by atoms with van der Waals surface area (Å²) in [5.41, 5.74) is 4.63. The molecular formula is C32H36N4O2. The Kier molecular flexibility index (Phi) is 7.04. The average molecular weight is 509 g/mol. The van der Waals surface area contributed by atoms with E-state index < -0.39 is 0 Å². The molecule has 2 fully saturated rings. The molecule has 196 valence electrons. The molecule has 1 saturated heterocycles. The number of carbonyl (C=O) groups is 2. The molecule has 5 atom stereocenters. The van der Waals surface area contributed by atoms with Gasteiger partial charge in [0, 0.05) is 30.7 Å². The molecule has 6 nitrogen and oxygen atoms in total. The van der Waals surface area contributed by atoms with Crippen molar-refractivity contribution in [3.63, 3.8) is 0 Å². The maximum absolute atomic E-state index is 14.2. The van der Waals surface area contributed by atoms with Gasteiger partial charge in [-0.1, -0.05) is 91.7 Å². The molecule has 3 aromatic rings. The highest BCUT2D eigenvalue weighted by atomic mass is 16.2. The average Bonchev–Trinajstić information content (AvgIpc) is 3.42. The second-order valence-corrected chi connectivity index (χ2v) is 10.9. The number of hydrogen-bond acceptors (Lipinski definition) is 3. The SMILES string of the molecule is O=C(NCc1ccccc1)N[C@@H]1CCCC[C@@H]1C(=O)N1CC[C@@H]2[C@H](c3ccccc3)Nc3ccccc3[C@@H]21. The Morgan fingerprint density at radius 3 is 2.37 bits per heavy atom. The van der Waals surface area contributed by atoms with Gasteiger partial charge in [0.05, 0.1) is 18.0 Å². The lowest BCUT2D eigenvalue weighted by Crippen LogP contribution is -2.52. The van der Waals surface area contributed by atoms with E-state index >= 15 is 0 Å². The van der Waals surface area contributed by atoms with Gasteiger partial charge in [0.2, 0.25) is 5.91 Å². The molecule has 0 bridgehead atoms. The normalized spacial score (nSPS) is 26.0. The first-order valence-electron chi connectivity index (χ1n) is 14.0. The largest absolute Gasteiger partial charge is 0.378 e. The molecule has 3 aromatic carbocycles. The van der Waals surface area contributed by atoms with Gasteiger partial charge in [-0.3, -0.25) is 4.79 Å². The first-order chi connectivity index (χ1) is 18.7. The fourth-order valence-corrected chi connectivity index (χ4v) is 6.77. The molecule has 0 aromatic heterocycles. The summed E-state index contributed by atoms with van der Waals surface area (Å²) in [6.07, 6.45) is 4.66. The Labute approximate surface area is 224 Å². The molecule has 6 heteroatoms. The number of nitrogens with one attached hydrogen (secondary N) is 3. The molecular weight excluding hydrogens is 472 g/mol. The van der Waals surface area contributed by atoms with Crippen molar-refractivity contribution in [2.75, 3.05) is 11.9 Å². The van der Waals surface area contributed by atoms with E-state index in [9.17, 15) is 9.59 Å². The van der Waals surface area contributed by atoms with Crippen molar-refractivity contribution in [1.82, 2.24) is 15.5 Å². The monoisotopic (exact) mass is 508 g/mol. The summed E-state index contributed by atoms with van der Waals surface area (Å²) >= 11 is 0. The summed E-state index contributed by atoms with van der Waals surface area (Å²) in [4.78, 5) is 29.2. The maximum atomic E-state index is 14.2. The van der Waals surface area contributed by atoms with Crippen molar-refractivity contribution >= 4 is 17.6 Å². The standard InChI is InChI=1S/C32H36N4O2/c37-31(25-16-8-10-18-28(25)35-32(38)33-21-22-11-3-1-4-12-22)36-20-19-26-29(23-13-5-2-6-14-23)34-27-17-9-7-15-24(27)30(26)36/h1-7,9,11-15,17,25-26,28-30,34H,8,10,16,18-21H2,(H2,33,35,38)/t25-,26+,28+,29-,30-/m0/s1. The smallest absolute Gasteiger partial charge is 0.315 e. The van der Waals surface area contributed by atoms with E-state index in [1.807, 2.05) is 30.3 Å². The van der Waals surface area contributed by atoms with Gasteiger partial charge >= 0.3 is 6.03 Å². The van der Waals surface area contributed by atoms with Gasteiger partial charge in [0.15, 0.2) is 0 Å². The highest BCUT2D eigenvalue weighted by Gasteiger charge is 2.48. The van der Waals surface area contributed by atoms with Crippen LogP contribution in [0.15, 0.2) is 84.9 Å². The third-order valence-electron chi connectivity index (χ3n) is 8.60. The molecule has 6 rings (SSSR count). The second kappa shape index (κ2) is 10.9. The Morgan fingerprint density at radius 2 is 1.55 bits per heavy atom.